The number of benzene rings is 2. The van der Waals surface area contributed by atoms with Crippen molar-refractivity contribution in [2.24, 2.45) is 0 Å². The second-order valence-electron chi connectivity index (χ2n) is 5.99. The molecule has 130 valence electrons. The molecule has 1 aromatic heterocycles. The lowest BCUT2D eigenvalue weighted by Gasteiger charge is -2.11. The van der Waals surface area contributed by atoms with Crippen molar-refractivity contribution < 1.29 is 17.9 Å². The molecule has 3 aromatic rings. The number of nitrogens with zero attached hydrogens (tertiary/aromatic N) is 1. The van der Waals surface area contributed by atoms with E-state index in [0.29, 0.717) is 18.7 Å². The van der Waals surface area contributed by atoms with Gasteiger partial charge in [0, 0.05) is 18.0 Å². The SMILES string of the molecule is O=S(=O)(c1ccccc1)n1ccc2c(CCC3OCCO3)cccc21. The molecule has 0 saturated carbocycles. The molecule has 5 nitrogen and oxygen atoms in total. The lowest BCUT2D eigenvalue weighted by atomic mass is 10.1. The van der Waals surface area contributed by atoms with Crippen LogP contribution in [-0.2, 0) is 25.9 Å². The lowest BCUT2D eigenvalue weighted by molar-refractivity contribution is -0.0461. The Hall–Kier alpha value is -2.15. The van der Waals surface area contributed by atoms with E-state index >= 15 is 0 Å². The normalized spacial score (nSPS) is 15.8. The summed E-state index contributed by atoms with van der Waals surface area (Å²) in [6.07, 6.45) is 3.00. The molecule has 4 rings (SSSR count). The molecular weight excluding hydrogens is 338 g/mol. The molecule has 1 fully saturated rings. The van der Waals surface area contributed by atoms with Gasteiger partial charge in [-0.3, -0.25) is 0 Å². The fourth-order valence-corrected chi connectivity index (χ4v) is 4.55. The Morgan fingerprint density at radius 3 is 2.48 bits per heavy atom. The predicted molar refractivity (Wildman–Crippen MR) is 95.0 cm³/mol. The highest BCUT2D eigenvalue weighted by molar-refractivity contribution is 7.90. The molecule has 0 aliphatic carbocycles. The summed E-state index contributed by atoms with van der Waals surface area (Å²) >= 11 is 0. The number of aryl methyl sites for hydroxylation is 1. The van der Waals surface area contributed by atoms with Crippen molar-refractivity contribution in [1.29, 1.82) is 0 Å². The van der Waals surface area contributed by atoms with Gasteiger partial charge in [-0.15, -0.1) is 0 Å². The first kappa shape index (κ1) is 16.3. The number of rotatable bonds is 5. The molecule has 1 aliphatic rings. The van der Waals surface area contributed by atoms with Crippen LogP contribution in [0.2, 0.25) is 0 Å². The van der Waals surface area contributed by atoms with Crippen molar-refractivity contribution >= 4 is 20.9 Å². The Bertz CT molecular complexity index is 973. The van der Waals surface area contributed by atoms with Gasteiger partial charge in [0.25, 0.3) is 10.0 Å². The van der Waals surface area contributed by atoms with E-state index in [0.717, 1.165) is 23.8 Å². The van der Waals surface area contributed by atoms with Crippen LogP contribution >= 0.6 is 0 Å². The van der Waals surface area contributed by atoms with Gasteiger partial charge < -0.3 is 9.47 Å². The van der Waals surface area contributed by atoms with Gasteiger partial charge in [-0.05, 0) is 36.2 Å². The van der Waals surface area contributed by atoms with Crippen LogP contribution in [0.25, 0.3) is 10.9 Å². The van der Waals surface area contributed by atoms with Gasteiger partial charge in [-0.2, -0.15) is 0 Å². The third kappa shape index (κ3) is 3.08. The van der Waals surface area contributed by atoms with Crippen molar-refractivity contribution in [3.8, 4) is 0 Å². The van der Waals surface area contributed by atoms with Gasteiger partial charge >= 0.3 is 0 Å². The summed E-state index contributed by atoms with van der Waals surface area (Å²) < 4.78 is 38.1. The van der Waals surface area contributed by atoms with Crippen molar-refractivity contribution in [2.45, 2.75) is 24.0 Å². The van der Waals surface area contributed by atoms with E-state index < -0.39 is 10.0 Å². The molecule has 0 bridgehead atoms. The summed E-state index contributed by atoms with van der Waals surface area (Å²) in [6, 6.07) is 16.1. The van der Waals surface area contributed by atoms with Crippen molar-refractivity contribution in [1.82, 2.24) is 3.97 Å². The molecule has 2 heterocycles. The van der Waals surface area contributed by atoms with Crippen LogP contribution in [-0.4, -0.2) is 31.9 Å². The zero-order valence-corrected chi connectivity index (χ0v) is 14.5. The predicted octanol–water partition coefficient (Wildman–Crippen LogP) is 3.18. The summed E-state index contributed by atoms with van der Waals surface area (Å²) in [5.41, 5.74) is 1.79. The van der Waals surface area contributed by atoms with E-state index in [-0.39, 0.29) is 11.2 Å². The zero-order chi connectivity index (χ0) is 17.3. The molecule has 0 unspecified atom stereocenters. The minimum Gasteiger partial charge on any atom is -0.350 e. The maximum Gasteiger partial charge on any atom is 0.268 e. The first-order valence-corrected chi connectivity index (χ1v) is 9.73. The fourth-order valence-electron chi connectivity index (χ4n) is 3.19. The first-order valence-electron chi connectivity index (χ1n) is 8.29. The van der Waals surface area contributed by atoms with Gasteiger partial charge in [0.1, 0.15) is 0 Å². The topological polar surface area (TPSA) is 57.5 Å². The quantitative estimate of drug-likeness (QED) is 0.704. The van der Waals surface area contributed by atoms with Crippen LogP contribution in [0.5, 0.6) is 0 Å². The van der Waals surface area contributed by atoms with Gasteiger partial charge in [0.2, 0.25) is 0 Å². The van der Waals surface area contributed by atoms with Crippen molar-refractivity contribution in [3.63, 3.8) is 0 Å². The molecule has 0 amide bonds. The molecule has 2 aromatic carbocycles. The maximum atomic E-state index is 12.9. The van der Waals surface area contributed by atoms with Crippen LogP contribution in [0, 0.1) is 0 Å². The van der Waals surface area contributed by atoms with Crippen LogP contribution in [0.1, 0.15) is 12.0 Å². The molecule has 0 N–H and O–H groups in total. The minimum absolute atomic E-state index is 0.162. The number of aromatic nitrogens is 1. The van der Waals surface area contributed by atoms with E-state index in [1.807, 2.05) is 24.3 Å². The highest BCUT2D eigenvalue weighted by atomic mass is 32.2. The maximum absolute atomic E-state index is 12.9. The Balaban J connectivity index is 1.69. The average Bonchev–Trinajstić information content (AvgIpc) is 3.30. The number of hydrogen-bond donors (Lipinski definition) is 0. The smallest absolute Gasteiger partial charge is 0.268 e. The molecule has 0 radical (unpaired) electrons. The Morgan fingerprint density at radius 2 is 1.72 bits per heavy atom. The summed E-state index contributed by atoms with van der Waals surface area (Å²) in [5.74, 6) is 0. The molecule has 1 aliphatic heterocycles. The average molecular weight is 357 g/mol. The van der Waals surface area contributed by atoms with Crippen LogP contribution in [0.3, 0.4) is 0 Å². The molecular formula is C19H19NO4S. The number of fused-ring (bicyclic) bond motifs is 1. The van der Waals surface area contributed by atoms with E-state index in [4.69, 9.17) is 9.47 Å². The number of ether oxygens (including phenoxy) is 2. The molecule has 25 heavy (non-hydrogen) atoms. The van der Waals surface area contributed by atoms with E-state index in [9.17, 15) is 8.42 Å². The van der Waals surface area contributed by atoms with Crippen LogP contribution in [0.15, 0.2) is 65.7 Å². The first-order chi connectivity index (χ1) is 12.2. The molecule has 6 heteroatoms. The second kappa shape index (κ2) is 6.63. The lowest BCUT2D eigenvalue weighted by Crippen LogP contribution is -2.11. The Labute approximate surface area is 146 Å². The molecule has 0 atom stereocenters. The minimum atomic E-state index is -3.60. The van der Waals surface area contributed by atoms with Gasteiger partial charge in [0.05, 0.1) is 23.6 Å². The third-order valence-corrected chi connectivity index (χ3v) is 6.13. The fraction of sp³-hybridized carbons (Fsp3) is 0.263. The summed E-state index contributed by atoms with van der Waals surface area (Å²) in [5, 5.41) is 0.944. The standard InChI is InChI=1S/C19H19NO4S/c21-25(22,16-6-2-1-3-7-16)20-12-11-17-15(5-4-8-18(17)20)9-10-19-23-13-14-24-19/h1-8,11-12,19H,9-10,13-14H2. The molecule has 0 spiro atoms. The Kier molecular flexibility index (Phi) is 4.33. The highest BCUT2D eigenvalue weighted by Gasteiger charge is 2.20. The largest absolute Gasteiger partial charge is 0.350 e. The van der Waals surface area contributed by atoms with Gasteiger partial charge in [-0.25, -0.2) is 12.4 Å². The van der Waals surface area contributed by atoms with Crippen LogP contribution in [0.4, 0.5) is 0 Å². The second-order valence-corrected chi connectivity index (χ2v) is 7.80. The van der Waals surface area contributed by atoms with Crippen LogP contribution < -0.4 is 0 Å². The van der Waals surface area contributed by atoms with E-state index in [1.165, 1.54) is 3.97 Å². The number of hydrogen-bond acceptors (Lipinski definition) is 4. The van der Waals surface area contributed by atoms with E-state index in [1.54, 1.807) is 36.5 Å². The third-order valence-electron chi connectivity index (χ3n) is 4.43. The highest BCUT2D eigenvalue weighted by Crippen LogP contribution is 2.26. The Morgan fingerprint density at radius 1 is 0.960 bits per heavy atom. The van der Waals surface area contributed by atoms with Crippen molar-refractivity contribution in [2.75, 3.05) is 13.2 Å². The van der Waals surface area contributed by atoms with E-state index in [2.05, 4.69) is 0 Å². The summed E-state index contributed by atoms with van der Waals surface area (Å²) in [4.78, 5) is 0.283. The summed E-state index contributed by atoms with van der Waals surface area (Å²) in [6.45, 7) is 1.28. The summed E-state index contributed by atoms with van der Waals surface area (Å²) in [7, 11) is -3.60. The van der Waals surface area contributed by atoms with Gasteiger partial charge in [-0.1, -0.05) is 30.3 Å². The molecule has 1 saturated heterocycles. The zero-order valence-electron chi connectivity index (χ0n) is 13.7. The monoisotopic (exact) mass is 357 g/mol. The van der Waals surface area contributed by atoms with Gasteiger partial charge in [0.15, 0.2) is 6.29 Å². The van der Waals surface area contributed by atoms with Crippen molar-refractivity contribution in [3.05, 3.63) is 66.4 Å².